The Morgan fingerprint density at radius 2 is 1.94 bits per heavy atom. The number of carboxylic acids is 1. The highest BCUT2D eigenvalue weighted by atomic mass is 16.4. The molecule has 0 radical (unpaired) electrons. The van der Waals surface area contributed by atoms with Crippen molar-refractivity contribution in [2.45, 2.75) is 56.5 Å². The van der Waals surface area contributed by atoms with Crippen LogP contribution in [0.3, 0.4) is 0 Å². The van der Waals surface area contributed by atoms with Crippen LogP contribution in [0.25, 0.3) is 0 Å². The van der Waals surface area contributed by atoms with Crippen LogP contribution in [0.5, 0.6) is 0 Å². The van der Waals surface area contributed by atoms with Gasteiger partial charge in [-0.3, -0.25) is 4.79 Å². The predicted molar refractivity (Wildman–Crippen MR) is 62.3 cm³/mol. The van der Waals surface area contributed by atoms with E-state index in [0.29, 0.717) is 19.3 Å². The maximum absolute atomic E-state index is 12.0. The van der Waals surface area contributed by atoms with Gasteiger partial charge in [-0.25, -0.2) is 4.79 Å². The van der Waals surface area contributed by atoms with Crippen LogP contribution in [0.1, 0.15) is 44.9 Å². The fourth-order valence-electron chi connectivity index (χ4n) is 2.73. The van der Waals surface area contributed by atoms with Gasteiger partial charge in [0.05, 0.1) is 0 Å². The zero-order valence-electron chi connectivity index (χ0n) is 9.95. The minimum absolute atomic E-state index is 0.0849. The molecule has 4 N–H and O–H groups in total. The van der Waals surface area contributed by atoms with E-state index in [1.807, 2.05) is 0 Å². The predicted octanol–water partition coefficient (Wildman–Crippen LogP) is 0.627. The molecule has 5 heteroatoms. The molecule has 1 amide bonds. The van der Waals surface area contributed by atoms with Gasteiger partial charge in [0.25, 0.3) is 0 Å². The summed E-state index contributed by atoms with van der Waals surface area (Å²) < 4.78 is 0. The van der Waals surface area contributed by atoms with Gasteiger partial charge >= 0.3 is 5.97 Å². The van der Waals surface area contributed by atoms with E-state index in [4.69, 9.17) is 10.8 Å². The quantitative estimate of drug-likeness (QED) is 0.674. The van der Waals surface area contributed by atoms with E-state index < -0.39 is 11.5 Å². The lowest BCUT2D eigenvalue weighted by atomic mass is 9.75. The lowest BCUT2D eigenvalue weighted by molar-refractivity contribution is -0.152. The minimum atomic E-state index is -0.987. The molecular formula is C12H20N2O3. The molecule has 0 aromatic rings. The number of carboxylic acid groups (broad SMARTS) is 1. The molecule has 2 rings (SSSR count). The number of carbonyl (C=O) groups is 2. The summed E-state index contributed by atoms with van der Waals surface area (Å²) in [4.78, 5) is 23.2. The highest BCUT2D eigenvalue weighted by Crippen LogP contribution is 2.33. The van der Waals surface area contributed by atoms with Crippen molar-refractivity contribution in [2.75, 3.05) is 0 Å². The van der Waals surface area contributed by atoms with Crippen LogP contribution in [0.15, 0.2) is 0 Å². The summed E-state index contributed by atoms with van der Waals surface area (Å²) in [6.45, 7) is 0. The number of hydrogen-bond acceptors (Lipinski definition) is 3. The van der Waals surface area contributed by atoms with E-state index in [9.17, 15) is 9.59 Å². The van der Waals surface area contributed by atoms with Crippen molar-refractivity contribution >= 4 is 11.9 Å². The maximum atomic E-state index is 12.0. The fourth-order valence-corrected chi connectivity index (χ4v) is 2.73. The Hall–Kier alpha value is -1.10. The van der Waals surface area contributed by atoms with E-state index in [1.165, 1.54) is 0 Å². The summed E-state index contributed by atoms with van der Waals surface area (Å²) in [7, 11) is 0. The molecule has 0 heterocycles. The molecule has 2 unspecified atom stereocenters. The van der Waals surface area contributed by atoms with E-state index in [1.54, 1.807) is 0 Å². The number of amides is 1. The Balaban J connectivity index is 1.94. The monoisotopic (exact) mass is 240 g/mol. The first kappa shape index (κ1) is 12.4. The summed E-state index contributed by atoms with van der Waals surface area (Å²) in [6.07, 6.45) is 5.40. The topological polar surface area (TPSA) is 92.4 Å². The number of aliphatic carboxylic acids is 1. The van der Waals surface area contributed by atoms with Crippen molar-refractivity contribution in [3.63, 3.8) is 0 Å². The molecule has 2 aliphatic carbocycles. The normalized spacial score (nSPS) is 31.4. The zero-order chi connectivity index (χ0) is 12.5. The number of nitrogens with two attached hydrogens (primary N) is 1. The van der Waals surface area contributed by atoms with Gasteiger partial charge in [0.2, 0.25) is 5.91 Å². The standard InChI is InChI=1S/C12H20N2O3/c13-9-4-1-3-8(7-9)10(15)14-12(11(16)17)5-2-6-12/h8-9H,1-7,13H2,(H,14,15)(H,16,17). The number of nitrogens with one attached hydrogen (secondary N) is 1. The van der Waals surface area contributed by atoms with Gasteiger partial charge in [0.1, 0.15) is 5.54 Å². The van der Waals surface area contributed by atoms with E-state index >= 15 is 0 Å². The first-order valence-corrected chi connectivity index (χ1v) is 6.34. The SMILES string of the molecule is NC1CCCC(C(=O)NC2(C(=O)O)CCC2)C1. The Bertz CT molecular complexity index is 326. The zero-order valence-corrected chi connectivity index (χ0v) is 9.95. The van der Waals surface area contributed by atoms with Crippen LogP contribution in [0.4, 0.5) is 0 Å². The molecular weight excluding hydrogens is 220 g/mol. The second-order valence-corrected chi connectivity index (χ2v) is 5.35. The van der Waals surface area contributed by atoms with Gasteiger partial charge in [-0.15, -0.1) is 0 Å². The molecule has 2 aliphatic rings. The van der Waals surface area contributed by atoms with Crippen molar-refractivity contribution in [3.8, 4) is 0 Å². The highest BCUT2D eigenvalue weighted by molar-refractivity contribution is 5.88. The van der Waals surface area contributed by atoms with Gasteiger partial charge in [0, 0.05) is 12.0 Å². The van der Waals surface area contributed by atoms with Crippen LogP contribution in [0, 0.1) is 5.92 Å². The fraction of sp³-hybridized carbons (Fsp3) is 0.833. The van der Waals surface area contributed by atoms with Crippen molar-refractivity contribution in [1.29, 1.82) is 0 Å². The maximum Gasteiger partial charge on any atom is 0.329 e. The third-order valence-corrected chi connectivity index (χ3v) is 4.06. The van der Waals surface area contributed by atoms with E-state index in [-0.39, 0.29) is 17.9 Å². The Labute approximate surface area is 101 Å². The van der Waals surface area contributed by atoms with Crippen LogP contribution in [-0.4, -0.2) is 28.6 Å². The first-order chi connectivity index (χ1) is 8.03. The van der Waals surface area contributed by atoms with Gasteiger partial charge < -0.3 is 16.2 Å². The van der Waals surface area contributed by atoms with Gasteiger partial charge in [-0.05, 0) is 38.5 Å². The van der Waals surface area contributed by atoms with Gasteiger partial charge in [-0.2, -0.15) is 0 Å². The van der Waals surface area contributed by atoms with Crippen LogP contribution in [0.2, 0.25) is 0 Å². The molecule has 0 aromatic carbocycles. The lowest BCUT2D eigenvalue weighted by Crippen LogP contribution is -2.60. The van der Waals surface area contributed by atoms with Crippen LogP contribution in [-0.2, 0) is 9.59 Å². The molecule has 0 spiro atoms. The molecule has 0 aromatic heterocycles. The third-order valence-electron chi connectivity index (χ3n) is 4.06. The average molecular weight is 240 g/mol. The van der Waals surface area contributed by atoms with E-state index in [2.05, 4.69) is 5.32 Å². The van der Waals surface area contributed by atoms with Gasteiger partial charge in [0.15, 0.2) is 0 Å². The van der Waals surface area contributed by atoms with Crippen molar-refractivity contribution in [3.05, 3.63) is 0 Å². The summed E-state index contributed by atoms with van der Waals surface area (Å²) in [5, 5.41) is 11.9. The highest BCUT2D eigenvalue weighted by Gasteiger charge is 2.46. The summed E-state index contributed by atoms with van der Waals surface area (Å²) in [6, 6.07) is 0.0849. The third kappa shape index (κ3) is 2.44. The van der Waals surface area contributed by atoms with Crippen LogP contribution < -0.4 is 11.1 Å². The van der Waals surface area contributed by atoms with E-state index in [0.717, 1.165) is 25.7 Å². The van der Waals surface area contributed by atoms with Crippen molar-refractivity contribution in [1.82, 2.24) is 5.32 Å². The minimum Gasteiger partial charge on any atom is -0.480 e. The molecule has 2 saturated carbocycles. The molecule has 96 valence electrons. The second-order valence-electron chi connectivity index (χ2n) is 5.35. The number of rotatable bonds is 3. The molecule has 2 fully saturated rings. The summed E-state index contributed by atoms with van der Waals surface area (Å²) >= 11 is 0. The smallest absolute Gasteiger partial charge is 0.329 e. The van der Waals surface area contributed by atoms with Crippen molar-refractivity contribution in [2.24, 2.45) is 11.7 Å². The Morgan fingerprint density at radius 1 is 1.24 bits per heavy atom. The summed E-state index contributed by atoms with van der Waals surface area (Å²) in [5.41, 5.74) is 4.85. The van der Waals surface area contributed by atoms with Crippen LogP contribution >= 0.6 is 0 Å². The Kier molecular flexibility index (Phi) is 3.38. The number of carbonyl (C=O) groups excluding carboxylic acids is 1. The molecule has 0 bridgehead atoms. The first-order valence-electron chi connectivity index (χ1n) is 6.34. The largest absolute Gasteiger partial charge is 0.480 e. The van der Waals surface area contributed by atoms with Gasteiger partial charge in [-0.1, -0.05) is 6.42 Å². The molecule has 5 nitrogen and oxygen atoms in total. The Morgan fingerprint density at radius 3 is 2.41 bits per heavy atom. The molecule has 0 saturated heterocycles. The second kappa shape index (κ2) is 4.64. The lowest BCUT2D eigenvalue weighted by Gasteiger charge is -2.39. The number of hydrogen-bond donors (Lipinski definition) is 3. The van der Waals surface area contributed by atoms with Crippen molar-refractivity contribution < 1.29 is 14.7 Å². The summed E-state index contributed by atoms with van der Waals surface area (Å²) in [5.74, 6) is -1.13. The molecule has 17 heavy (non-hydrogen) atoms. The molecule has 0 aliphatic heterocycles. The average Bonchev–Trinajstić information content (AvgIpc) is 2.22. The molecule has 2 atom stereocenters.